The highest BCUT2D eigenvalue weighted by Gasteiger charge is 1.90. The van der Waals surface area contributed by atoms with Gasteiger partial charge in [-0.2, -0.15) is 0 Å². The fourth-order valence-electron chi connectivity index (χ4n) is 0.894. The maximum absolute atomic E-state index is 8.42. The van der Waals surface area contributed by atoms with Crippen LogP contribution in [0.25, 0.3) is 0 Å². The number of aliphatic hydroxyl groups is 1. The van der Waals surface area contributed by atoms with Gasteiger partial charge in [0.15, 0.2) is 0 Å². The van der Waals surface area contributed by atoms with Gasteiger partial charge in [0, 0.05) is 19.7 Å². The molecule has 4 heteroatoms. The average molecular weight is 190 g/mol. The molecule has 0 radical (unpaired) electrons. The zero-order valence-corrected chi connectivity index (χ0v) is 8.75. The standard InChI is InChI=1S/C9H22N2O2/c1-11(2)6-5-10-4-3-8-13-9-7-12/h10,12H,3-9H2,1-2H3. The summed E-state index contributed by atoms with van der Waals surface area (Å²) in [6.45, 7) is 4.38. The maximum atomic E-state index is 8.42. The summed E-state index contributed by atoms with van der Waals surface area (Å²) < 4.78 is 5.11. The minimum Gasteiger partial charge on any atom is -0.394 e. The van der Waals surface area contributed by atoms with Crippen LogP contribution in [-0.2, 0) is 4.74 Å². The van der Waals surface area contributed by atoms with E-state index in [1.54, 1.807) is 0 Å². The zero-order valence-electron chi connectivity index (χ0n) is 8.75. The minimum atomic E-state index is 0.119. The van der Waals surface area contributed by atoms with Crippen molar-refractivity contribution in [3.63, 3.8) is 0 Å². The summed E-state index contributed by atoms with van der Waals surface area (Å²) in [7, 11) is 4.12. The molecule has 0 fully saturated rings. The summed E-state index contributed by atoms with van der Waals surface area (Å²) in [5, 5.41) is 11.7. The van der Waals surface area contributed by atoms with Gasteiger partial charge in [0.25, 0.3) is 0 Å². The van der Waals surface area contributed by atoms with Crippen molar-refractivity contribution < 1.29 is 9.84 Å². The van der Waals surface area contributed by atoms with E-state index < -0.39 is 0 Å². The van der Waals surface area contributed by atoms with E-state index in [2.05, 4.69) is 24.3 Å². The first-order valence-corrected chi connectivity index (χ1v) is 4.81. The van der Waals surface area contributed by atoms with Crippen molar-refractivity contribution in [1.29, 1.82) is 0 Å². The summed E-state index contributed by atoms with van der Waals surface area (Å²) in [5.74, 6) is 0. The molecule has 0 aliphatic heterocycles. The number of ether oxygens (including phenoxy) is 1. The van der Waals surface area contributed by atoms with Crippen LogP contribution in [0.15, 0.2) is 0 Å². The number of nitrogens with zero attached hydrogens (tertiary/aromatic N) is 1. The van der Waals surface area contributed by atoms with E-state index in [1.807, 2.05) is 0 Å². The minimum absolute atomic E-state index is 0.119. The van der Waals surface area contributed by atoms with Crippen LogP contribution in [0, 0.1) is 0 Å². The molecule has 0 saturated carbocycles. The van der Waals surface area contributed by atoms with E-state index in [9.17, 15) is 0 Å². The van der Waals surface area contributed by atoms with Crippen LogP contribution in [0.2, 0.25) is 0 Å². The number of likely N-dealkylation sites (N-methyl/N-ethyl adjacent to an activating group) is 1. The van der Waals surface area contributed by atoms with Crippen LogP contribution in [0.4, 0.5) is 0 Å². The number of hydrogen-bond acceptors (Lipinski definition) is 4. The fourth-order valence-corrected chi connectivity index (χ4v) is 0.894. The molecule has 0 aliphatic carbocycles. The fraction of sp³-hybridized carbons (Fsp3) is 1.00. The molecule has 0 saturated heterocycles. The average Bonchev–Trinajstić information content (AvgIpc) is 2.09. The summed E-state index contributed by atoms with van der Waals surface area (Å²) >= 11 is 0. The summed E-state index contributed by atoms with van der Waals surface area (Å²) in [5.41, 5.74) is 0. The molecule has 0 atom stereocenters. The van der Waals surface area contributed by atoms with Crippen LogP contribution in [0.5, 0.6) is 0 Å². The van der Waals surface area contributed by atoms with E-state index in [0.29, 0.717) is 6.61 Å². The molecule has 0 aliphatic rings. The van der Waals surface area contributed by atoms with E-state index in [0.717, 1.165) is 32.7 Å². The van der Waals surface area contributed by atoms with Crippen LogP contribution >= 0.6 is 0 Å². The Balaban J connectivity index is 2.84. The molecular weight excluding hydrogens is 168 g/mol. The van der Waals surface area contributed by atoms with Crippen molar-refractivity contribution in [3.8, 4) is 0 Å². The van der Waals surface area contributed by atoms with E-state index in [4.69, 9.17) is 9.84 Å². The molecule has 0 bridgehead atoms. The smallest absolute Gasteiger partial charge is 0.0697 e. The molecule has 0 aromatic rings. The number of nitrogens with one attached hydrogen (secondary N) is 1. The Morgan fingerprint density at radius 3 is 2.62 bits per heavy atom. The van der Waals surface area contributed by atoms with E-state index >= 15 is 0 Å². The molecule has 80 valence electrons. The van der Waals surface area contributed by atoms with Crippen molar-refractivity contribution in [2.75, 3.05) is 53.6 Å². The Hall–Kier alpha value is -0.160. The Morgan fingerprint density at radius 1 is 1.23 bits per heavy atom. The second kappa shape index (κ2) is 9.92. The van der Waals surface area contributed by atoms with Crippen LogP contribution < -0.4 is 5.32 Å². The quantitative estimate of drug-likeness (QED) is 0.483. The normalized spacial score (nSPS) is 11.1. The first-order chi connectivity index (χ1) is 6.27. The molecule has 0 spiro atoms. The first kappa shape index (κ1) is 12.8. The van der Waals surface area contributed by atoms with E-state index in [-0.39, 0.29) is 6.61 Å². The molecule has 0 rings (SSSR count). The molecule has 0 heterocycles. The lowest BCUT2D eigenvalue weighted by molar-refractivity contribution is 0.0907. The van der Waals surface area contributed by atoms with Gasteiger partial charge in [0.1, 0.15) is 0 Å². The molecule has 2 N–H and O–H groups in total. The van der Waals surface area contributed by atoms with Gasteiger partial charge in [0.05, 0.1) is 13.2 Å². The molecule has 0 aromatic heterocycles. The first-order valence-electron chi connectivity index (χ1n) is 4.81. The Bertz CT molecular complexity index is 99.6. The van der Waals surface area contributed by atoms with Crippen molar-refractivity contribution in [1.82, 2.24) is 10.2 Å². The third-order valence-corrected chi connectivity index (χ3v) is 1.61. The SMILES string of the molecule is CN(C)CCNCCCOCCO. The van der Waals surface area contributed by atoms with Gasteiger partial charge in [-0.25, -0.2) is 0 Å². The Morgan fingerprint density at radius 2 is 2.00 bits per heavy atom. The second-order valence-electron chi connectivity index (χ2n) is 3.24. The molecule has 0 unspecified atom stereocenters. The Labute approximate surface area is 80.9 Å². The second-order valence-corrected chi connectivity index (χ2v) is 3.24. The van der Waals surface area contributed by atoms with Crippen molar-refractivity contribution in [2.45, 2.75) is 6.42 Å². The molecule has 4 nitrogen and oxygen atoms in total. The highest BCUT2D eigenvalue weighted by Crippen LogP contribution is 1.80. The van der Waals surface area contributed by atoms with Gasteiger partial charge in [-0.3, -0.25) is 0 Å². The topological polar surface area (TPSA) is 44.7 Å². The Kier molecular flexibility index (Phi) is 9.80. The van der Waals surface area contributed by atoms with E-state index in [1.165, 1.54) is 0 Å². The zero-order chi connectivity index (χ0) is 9.94. The van der Waals surface area contributed by atoms with Crippen LogP contribution in [0.1, 0.15) is 6.42 Å². The lowest BCUT2D eigenvalue weighted by Crippen LogP contribution is -2.27. The van der Waals surface area contributed by atoms with Gasteiger partial charge in [-0.15, -0.1) is 0 Å². The maximum Gasteiger partial charge on any atom is 0.0697 e. The van der Waals surface area contributed by atoms with Crippen molar-refractivity contribution in [2.24, 2.45) is 0 Å². The third-order valence-electron chi connectivity index (χ3n) is 1.61. The van der Waals surface area contributed by atoms with Gasteiger partial charge in [0.2, 0.25) is 0 Å². The lowest BCUT2D eigenvalue weighted by Gasteiger charge is -2.10. The monoisotopic (exact) mass is 190 g/mol. The molecule has 13 heavy (non-hydrogen) atoms. The lowest BCUT2D eigenvalue weighted by atomic mass is 10.4. The number of hydrogen-bond donors (Lipinski definition) is 2. The molecular formula is C9H22N2O2. The van der Waals surface area contributed by atoms with Gasteiger partial charge >= 0.3 is 0 Å². The van der Waals surface area contributed by atoms with Crippen LogP contribution in [-0.4, -0.2) is 63.6 Å². The van der Waals surface area contributed by atoms with Gasteiger partial charge < -0.3 is 20.1 Å². The summed E-state index contributed by atoms with van der Waals surface area (Å²) in [6, 6.07) is 0. The van der Waals surface area contributed by atoms with Gasteiger partial charge in [-0.1, -0.05) is 0 Å². The molecule has 0 aromatic carbocycles. The highest BCUT2D eigenvalue weighted by atomic mass is 16.5. The third kappa shape index (κ3) is 11.8. The highest BCUT2D eigenvalue weighted by molar-refractivity contribution is 4.50. The van der Waals surface area contributed by atoms with Gasteiger partial charge in [-0.05, 0) is 27.1 Å². The summed E-state index contributed by atoms with van der Waals surface area (Å²) in [4.78, 5) is 2.15. The van der Waals surface area contributed by atoms with Crippen LogP contribution in [0.3, 0.4) is 0 Å². The van der Waals surface area contributed by atoms with Crippen molar-refractivity contribution >= 4 is 0 Å². The molecule has 0 amide bonds. The summed E-state index contributed by atoms with van der Waals surface area (Å²) in [6.07, 6.45) is 1.01. The number of rotatable bonds is 9. The predicted molar refractivity (Wildman–Crippen MR) is 53.9 cm³/mol. The largest absolute Gasteiger partial charge is 0.394 e. The number of aliphatic hydroxyl groups excluding tert-OH is 1. The van der Waals surface area contributed by atoms with Crippen molar-refractivity contribution in [3.05, 3.63) is 0 Å². The predicted octanol–water partition coefficient (Wildman–Crippen LogP) is -0.463.